The minimum Gasteiger partial charge on any atom is -0.333 e. The largest absolute Gasteiger partial charge is 0.333 e. The Bertz CT molecular complexity index is 711. The van der Waals surface area contributed by atoms with Crippen LogP contribution in [0.5, 0.6) is 0 Å². The molecule has 0 bridgehead atoms. The summed E-state index contributed by atoms with van der Waals surface area (Å²) in [7, 11) is 0. The van der Waals surface area contributed by atoms with Crippen LogP contribution < -0.4 is 5.32 Å². The Hall–Kier alpha value is -1.72. The topological polar surface area (TPSA) is 46.0 Å². The van der Waals surface area contributed by atoms with E-state index in [0.29, 0.717) is 5.92 Å². The van der Waals surface area contributed by atoms with Gasteiger partial charge in [0.2, 0.25) is 0 Å². The van der Waals surface area contributed by atoms with E-state index < -0.39 is 0 Å². The van der Waals surface area contributed by atoms with Crippen molar-refractivity contribution in [3.05, 3.63) is 36.0 Å². The van der Waals surface area contributed by atoms with E-state index in [4.69, 9.17) is 4.98 Å². The Morgan fingerprint density at radius 1 is 1.15 bits per heavy atom. The number of likely N-dealkylation sites (tertiary alicyclic amines) is 1. The molecule has 4 rings (SSSR count). The molecule has 2 fully saturated rings. The lowest BCUT2D eigenvalue weighted by molar-refractivity contribution is 0.316. The highest BCUT2D eigenvalue weighted by atomic mass is 15.2. The third kappa shape index (κ3) is 3.99. The van der Waals surface area contributed by atoms with E-state index in [1.165, 1.54) is 50.2 Å². The lowest BCUT2D eigenvalue weighted by atomic mass is 9.97. The lowest BCUT2D eigenvalue weighted by Gasteiger charge is -2.24. The number of rotatable bonds is 6. The Kier molecular flexibility index (Phi) is 5.65. The average Bonchev–Trinajstić information content (AvgIpc) is 3.37. The van der Waals surface area contributed by atoms with E-state index in [0.717, 1.165) is 44.0 Å². The number of aromatic nitrogens is 3. The fraction of sp³-hybridized carbons (Fsp3) is 0.619. The Labute approximate surface area is 156 Å². The smallest absolute Gasteiger partial charge is 0.112 e. The molecule has 0 spiro atoms. The number of aryl methyl sites for hydroxylation is 1. The summed E-state index contributed by atoms with van der Waals surface area (Å²) in [6.07, 6.45) is 10.3. The van der Waals surface area contributed by atoms with Gasteiger partial charge in [-0.15, -0.1) is 0 Å². The summed E-state index contributed by atoms with van der Waals surface area (Å²) in [6.45, 7) is 9.08. The van der Waals surface area contributed by atoms with Gasteiger partial charge in [-0.05, 0) is 70.4 Å². The van der Waals surface area contributed by atoms with Crippen molar-refractivity contribution in [2.75, 3.05) is 32.7 Å². The number of hydrogen-bond donors (Lipinski definition) is 1. The molecule has 5 heteroatoms. The van der Waals surface area contributed by atoms with E-state index in [9.17, 15) is 0 Å². The van der Waals surface area contributed by atoms with Crippen molar-refractivity contribution in [1.29, 1.82) is 0 Å². The molecule has 0 atom stereocenters. The second-order valence-electron chi connectivity index (χ2n) is 7.64. The minimum absolute atomic E-state index is 0.580. The summed E-state index contributed by atoms with van der Waals surface area (Å²) in [4.78, 5) is 12.1. The van der Waals surface area contributed by atoms with Crippen LogP contribution in [0, 0.1) is 0 Å². The van der Waals surface area contributed by atoms with E-state index in [1.54, 1.807) is 0 Å². The number of hydrogen-bond acceptors (Lipinski definition) is 4. The van der Waals surface area contributed by atoms with Crippen LogP contribution in [0.2, 0.25) is 0 Å². The van der Waals surface area contributed by atoms with Gasteiger partial charge in [-0.3, -0.25) is 4.98 Å². The first-order valence-corrected chi connectivity index (χ1v) is 10.3. The quantitative estimate of drug-likeness (QED) is 0.867. The molecule has 2 aliphatic rings. The second kappa shape index (κ2) is 8.31. The summed E-state index contributed by atoms with van der Waals surface area (Å²) in [5.74, 6) is 1.87. The van der Waals surface area contributed by atoms with Crippen LogP contribution in [-0.4, -0.2) is 52.2 Å². The van der Waals surface area contributed by atoms with Crippen LogP contribution in [-0.2, 0) is 13.0 Å². The molecule has 26 heavy (non-hydrogen) atoms. The highest BCUT2D eigenvalue weighted by Gasteiger charge is 2.22. The molecule has 0 amide bonds. The van der Waals surface area contributed by atoms with Gasteiger partial charge in [0.1, 0.15) is 5.82 Å². The zero-order chi connectivity index (χ0) is 17.8. The monoisotopic (exact) mass is 353 g/mol. The van der Waals surface area contributed by atoms with Gasteiger partial charge in [-0.2, -0.15) is 0 Å². The predicted octanol–water partition coefficient (Wildman–Crippen LogP) is 3.07. The molecule has 0 aromatic carbocycles. The second-order valence-corrected chi connectivity index (χ2v) is 7.64. The average molecular weight is 354 g/mol. The molecule has 1 N–H and O–H groups in total. The molecule has 0 aliphatic carbocycles. The first kappa shape index (κ1) is 17.7. The molecule has 2 aromatic rings. The number of nitrogens with zero attached hydrogens (tertiary/aromatic N) is 4. The van der Waals surface area contributed by atoms with Gasteiger partial charge in [-0.1, -0.05) is 6.92 Å². The zero-order valence-corrected chi connectivity index (χ0v) is 16.0. The van der Waals surface area contributed by atoms with Crippen molar-refractivity contribution in [3.8, 4) is 11.3 Å². The van der Waals surface area contributed by atoms with E-state index in [-0.39, 0.29) is 0 Å². The van der Waals surface area contributed by atoms with Crippen molar-refractivity contribution in [3.63, 3.8) is 0 Å². The van der Waals surface area contributed by atoms with Crippen LogP contribution in [0.15, 0.2) is 24.5 Å². The lowest BCUT2D eigenvalue weighted by Crippen LogP contribution is -2.29. The number of nitrogens with one attached hydrogen (secondary N) is 1. The minimum atomic E-state index is 0.580. The van der Waals surface area contributed by atoms with Gasteiger partial charge in [0.05, 0.1) is 5.69 Å². The molecule has 5 nitrogen and oxygen atoms in total. The summed E-state index contributed by atoms with van der Waals surface area (Å²) in [5.41, 5.74) is 3.45. The van der Waals surface area contributed by atoms with Crippen LogP contribution in [0.3, 0.4) is 0 Å². The number of piperidine rings is 1. The van der Waals surface area contributed by atoms with Crippen LogP contribution in [0.25, 0.3) is 11.3 Å². The highest BCUT2D eigenvalue weighted by Crippen LogP contribution is 2.28. The fourth-order valence-electron chi connectivity index (χ4n) is 4.24. The van der Waals surface area contributed by atoms with E-state index in [1.807, 2.05) is 6.20 Å². The summed E-state index contributed by atoms with van der Waals surface area (Å²) >= 11 is 0. The van der Waals surface area contributed by atoms with Crippen LogP contribution in [0.1, 0.15) is 50.0 Å². The SMILES string of the molecule is CCc1cc(-c2cn(CCN3CCCC3)c(C3CCNCC3)n2)ccn1. The normalized spacial score (nSPS) is 19.3. The standard InChI is InChI=1S/C21H31N5/c1-2-19-15-18(7-10-23-19)20-16-26(14-13-25-11-3-4-12-25)21(24-20)17-5-8-22-9-6-17/h7,10,15-17,22H,2-6,8-9,11-14H2,1H3. The van der Waals surface area contributed by atoms with Gasteiger partial charge in [0.25, 0.3) is 0 Å². The predicted molar refractivity (Wildman–Crippen MR) is 105 cm³/mol. The zero-order valence-electron chi connectivity index (χ0n) is 16.0. The molecule has 0 unspecified atom stereocenters. The van der Waals surface area contributed by atoms with E-state index in [2.05, 4.69) is 45.0 Å². The summed E-state index contributed by atoms with van der Waals surface area (Å²) in [6, 6.07) is 4.29. The van der Waals surface area contributed by atoms with Crippen LogP contribution in [0.4, 0.5) is 0 Å². The Morgan fingerprint density at radius 3 is 2.73 bits per heavy atom. The molecule has 2 aromatic heterocycles. The molecular formula is C21H31N5. The first-order valence-electron chi connectivity index (χ1n) is 10.3. The molecule has 0 saturated carbocycles. The fourth-order valence-corrected chi connectivity index (χ4v) is 4.24. The highest BCUT2D eigenvalue weighted by molar-refractivity contribution is 5.58. The molecule has 2 aliphatic heterocycles. The maximum atomic E-state index is 5.11. The van der Waals surface area contributed by atoms with Crippen molar-refractivity contribution in [2.24, 2.45) is 0 Å². The van der Waals surface area contributed by atoms with Gasteiger partial charge in [-0.25, -0.2) is 4.98 Å². The van der Waals surface area contributed by atoms with Gasteiger partial charge in [0, 0.05) is 42.7 Å². The third-order valence-electron chi connectivity index (χ3n) is 5.84. The Balaban J connectivity index is 1.59. The van der Waals surface area contributed by atoms with Crippen molar-refractivity contribution < 1.29 is 0 Å². The maximum absolute atomic E-state index is 5.11. The van der Waals surface area contributed by atoms with Crippen molar-refractivity contribution in [2.45, 2.75) is 51.5 Å². The molecule has 140 valence electrons. The van der Waals surface area contributed by atoms with Crippen molar-refractivity contribution >= 4 is 0 Å². The Morgan fingerprint density at radius 2 is 1.96 bits per heavy atom. The van der Waals surface area contributed by atoms with Gasteiger partial charge >= 0.3 is 0 Å². The van der Waals surface area contributed by atoms with Gasteiger partial charge in [0.15, 0.2) is 0 Å². The van der Waals surface area contributed by atoms with Crippen molar-refractivity contribution in [1.82, 2.24) is 24.8 Å². The van der Waals surface area contributed by atoms with Crippen LogP contribution >= 0.6 is 0 Å². The first-order chi connectivity index (χ1) is 12.8. The molecule has 2 saturated heterocycles. The third-order valence-corrected chi connectivity index (χ3v) is 5.84. The molecular weight excluding hydrogens is 322 g/mol. The number of imidazole rings is 1. The van der Waals surface area contributed by atoms with Gasteiger partial charge < -0.3 is 14.8 Å². The van der Waals surface area contributed by atoms with E-state index >= 15 is 0 Å². The molecule has 4 heterocycles. The maximum Gasteiger partial charge on any atom is 0.112 e. The summed E-state index contributed by atoms with van der Waals surface area (Å²) in [5, 5.41) is 3.48. The molecule has 0 radical (unpaired) electrons. The number of pyridine rings is 1. The summed E-state index contributed by atoms with van der Waals surface area (Å²) < 4.78 is 2.44.